The first-order chi connectivity index (χ1) is 10.1. The van der Waals surface area contributed by atoms with E-state index in [1.165, 1.54) is 18.4 Å². The first kappa shape index (κ1) is 18.5. The number of ether oxygens (including phenoxy) is 1. The van der Waals surface area contributed by atoms with E-state index in [9.17, 15) is 0 Å². The van der Waals surface area contributed by atoms with E-state index in [1.54, 1.807) is 0 Å². The smallest absolute Gasteiger partial charge is 0.133 e. The van der Waals surface area contributed by atoms with Gasteiger partial charge in [0, 0.05) is 6.04 Å². The zero-order valence-electron chi connectivity index (χ0n) is 13.9. The van der Waals surface area contributed by atoms with E-state index in [0.29, 0.717) is 6.04 Å². The van der Waals surface area contributed by atoms with E-state index in [0.717, 1.165) is 42.1 Å². The molecule has 1 unspecified atom stereocenters. The lowest BCUT2D eigenvalue weighted by Gasteiger charge is -2.21. The van der Waals surface area contributed by atoms with Crippen molar-refractivity contribution < 1.29 is 4.74 Å². The number of halogens is 1. The van der Waals surface area contributed by atoms with Crippen molar-refractivity contribution in [3.63, 3.8) is 0 Å². The minimum absolute atomic E-state index is 0.434. The molecule has 1 rings (SSSR count). The maximum atomic E-state index is 5.73. The van der Waals surface area contributed by atoms with Gasteiger partial charge in [0.15, 0.2) is 0 Å². The second kappa shape index (κ2) is 10.2. The van der Waals surface area contributed by atoms with Crippen LogP contribution < -0.4 is 10.1 Å². The Bertz CT molecular complexity index is 406. The van der Waals surface area contributed by atoms with Crippen LogP contribution in [0.3, 0.4) is 0 Å². The van der Waals surface area contributed by atoms with Gasteiger partial charge in [0.2, 0.25) is 0 Å². The van der Waals surface area contributed by atoms with Crippen LogP contribution in [-0.2, 0) is 0 Å². The van der Waals surface area contributed by atoms with E-state index in [1.807, 2.05) is 0 Å². The van der Waals surface area contributed by atoms with Gasteiger partial charge >= 0.3 is 0 Å². The summed E-state index contributed by atoms with van der Waals surface area (Å²) in [4.78, 5) is 0. The number of hydrogen-bond acceptors (Lipinski definition) is 2. The Balaban J connectivity index is 2.78. The molecule has 1 aromatic carbocycles. The lowest BCUT2D eigenvalue weighted by Crippen LogP contribution is -2.22. The number of rotatable bonds is 10. The Morgan fingerprint density at radius 1 is 1.14 bits per heavy atom. The van der Waals surface area contributed by atoms with Crippen molar-refractivity contribution in [2.45, 2.75) is 59.4 Å². The highest BCUT2D eigenvalue weighted by Gasteiger charge is 2.13. The summed E-state index contributed by atoms with van der Waals surface area (Å²) in [5.41, 5.74) is 1.35. The van der Waals surface area contributed by atoms with Crippen molar-refractivity contribution in [1.82, 2.24) is 5.32 Å². The van der Waals surface area contributed by atoms with Gasteiger partial charge in [-0.15, -0.1) is 0 Å². The fourth-order valence-corrected chi connectivity index (χ4v) is 2.78. The molecule has 0 amide bonds. The minimum Gasteiger partial charge on any atom is -0.492 e. The van der Waals surface area contributed by atoms with Crippen LogP contribution in [0.1, 0.15) is 65.0 Å². The molecule has 1 atom stereocenters. The van der Waals surface area contributed by atoms with E-state index < -0.39 is 0 Å². The van der Waals surface area contributed by atoms with E-state index >= 15 is 0 Å². The van der Waals surface area contributed by atoms with Gasteiger partial charge in [-0.05, 0) is 71.8 Å². The molecule has 0 spiro atoms. The Morgan fingerprint density at radius 2 is 1.90 bits per heavy atom. The molecule has 0 radical (unpaired) electrons. The summed E-state index contributed by atoms with van der Waals surface area (Å²) in [6, 6.07) is 6.93. The van der Waals surface area contributed by atoms with Crippen LogP contribution >= 0.6 is 15.9 Å². The summed E-state index contributed by atoms with van der Waals surface area (Å²) < 4.78 is 6.79. The second-order valence-electron chi connectivity index (χ2n) is 6.02. The molecule has 120 valence electrons. The average Bonchev–Trinajstić information content (AvgIpc) is 2.46. The Morgan fingerprint density at radius 3 is 2.48 bits per heavy atom. The van der Waals surface area contributed by atoms with Gasteiger partial charge in [0.05, 0.1) is 11.1 Å². The number of nitrogens with one attached hydrogen (secondary N) is 1. The van der Waals surface area contributed by atoms with Gasteiger partial charge in [0.25, 0.3) is 0 Å². The van der Waals surface area contributed by atoms with Crippen LogP contribution in [-0.4, -0.2) is 13.2 Å². The summed E-state index contributed by atoms with van der Waals surface area (Å²) in [5.74, 6) is 1.69. The molecular formula is C18H30BrNO. The average molecular weight is 356 g/mol. The van der Waals surface area contributed by atoms with Gasteiger partial charge in [-0.1, -0.05) is 33.8 Å². The van der Waals surface area contributed by atoms with Crippen LogP contribution in [0.2, 0.25) is 0 Å². The fraction of sp³-hybridized carbons (Fsp3) is 0.667. The van der Waals surface area contributed by atoms with Crippen molar-refractivity contribution in [2.75, 3.05) is 13.2 Å². The Kier molecular flexibility index (Phi) is 9.02. The van der Waals surface area contributed by atoms with Crippen molar-refractivity contribution in [1.29, 1.82) is 0 Å². The summed E-state index contributed by atoms with van der Waals surface area (Å²) in [5, 5.41) is 3.67. The summed E-state index contributed by atoms with van der Waals surface area (Å²) in [6.07, 6.45) is 4.62. The van der Waals surface area contributed by atoms with Crippen molar-refractivity contribution in [3.8, 4) is 5.75 Å². The Hall–Kier alpha value is -0.540. The van der Waals surface area contributed by atoms with Crippen LogP contribution in [0.25, 0.3) is 0 Å². The van der Waals surface area contributed by atoms with Crippen LogP contribution in [0, 0.1) is 5.92 Å². The molecule has 0 saturated heterocycles. The SMILES string of the molecule is CCCNC(CCC(C)C)c1ccc(OCCC)c(Br)c1. The van der Waals surface area contributed by atoms with Crippen LogP contribution in [0.5, 0.6) is 5.75 Å². The van der Waals surface area contributed by atoms with Gasteiger partial charge in [0.1, 0.15) is 5.75 Å². The Labute approximate surface area is 138 Å². The lowest BCUT2D eigenvalue weighted by atomic mass is 9.97. The number of benzene rings is 1. The first-order valence-electron chi connectivity index (χ1n) is 8.24. The predicted octanol–water partition coefficient (Wildman–Crippen LogP) is 5.71. The molecule has 1 aromatic rings. The van der Waals surface area contributed by atoms with Gasteiger partial charge in [-0.3, -0.25) is 0 Å². The van der Waals surface area contributed by atoms with Crippen LogP contribution in [0.4, 0.5) is 0 Å². The molecular weight excluding hydrogens is 326 g/mol. The molecule has 0 aromatic heterocycles. The first-order valence-corrected chi connectivity index (χ1v) is 9.03. The van der Waals surface area contributed by atoms with Crippen molar-refractivity contribution in [3.05, 3.63) is 28.2 Å². The highest BCUT2D eigenvalue weighted by molar-refractivity contribution is 9.10. The van der Waals surface area contributed by atoms with Gasteiger partial charge < -0.3 is 10.1 Å². The fourth-order valence-electron chi connectivity index (χ4n) is 2.27. The molecule has 0 heterocycles. The summed E-state index contributed by atoms with van der Waals surface area (Å²) in [7, 11) is 0. The van der Waals surface area contributed by atoms with Gasteiger partial charge in [-0.25, -0.2) is 0 Å². The topological polar surface area (TPSA) is 21.3 Å². The monoisotopic (exact) mass is 355 g/mol. The van der Waals surface area contributed by atoms with Gasteiger partial charge in [-0.2, -0.15) is 0 Å². The molecule has 0 saturated carbocycles. The van der Waals surface area contributed by atoms with E-state index in [-0.39, 0.29) is 0 Å². The van der Waals surface area contributed by atoms with Crippen molar-refractivity contribution in [2.24, 2.45) is 5.92 Å². The predicted molar refractivity (Wildman–Crippen MR) is 95.0 cm³/mol. The van der Waals surface area contributed by atoms with Crippen LogP contribution in [0.15, 0.2) is 22.7 Å². The zero-order chi connectivity index (χ0) is 15.7. The minimum atomic E-state index is 0.434. The molecule has 0 aliphatic rings. The number of hydrogen-bond donors (Lipinski definition) is 1. The maximum absolute atomic E-state index is 5.73. The summed E-state index contributed by atoms with van der Waals surface area (Å²) >= 11 is 3.64. The van der Waals surface area contributed by atoms with Crippen molar-refractivity contribution >= 4 is 15.9 Å². The zero-order valence-corrected chi connectivity index (χ0v) is 15.5. The second-order valence-corrected chi connectivity index (χ2v) is 6.87. The van der Waals surface area contributed by atoms with E-state index in [4.69, 9.17) is 4.74 Å². The normalized spacial score (nSPS) is 12.7. The third-order valence-corrected chi connectivity index (χ3v) is 4.11. The maximum Gasteiger partial charge on any atom is 0.133 e. The van der Waals surface area contributed by atoms with E-state index in [2.05, 4.69) is 67.1 Å². The summed E-state index contributed by atoms with van der Waals surface area (Å²) in [6.45, 7) is 10.7. The largest absolute Gasteiger partial charge is 0.492 e. The molecule has 1 N–H and O–H groups in total. The molecule has 21 heavy (non-hydrogen) atoms. The highest BCUT2D eigenvalue weighted by atomic mass is 79.9. The third-order valence-electron chi connectivity index (χ3n) is 3.49. The quantitative estimate of drug-likeness (QED) is 0.579. The lowest BCUT2D eigenvalue weighted by molar-refractivity contribution is 0.315. The highest BCUT2D eigenvalue weighted by Crippen LogP contribution is 2.30. The third kappa shape index (κ3) is 6.84. The molecule has 0 fully saturated rings. The molecule has 0 aliphatic carbocycles. The molecule has 0 bridgehead atoms. The molecule has 2 nitrogen and oxygen atoms in total. The molecule has 3 heteroatoms. The molecule has 0 aliphatic heterocycles. The standard InChI is InChI=1S/C18H30BrNO/c1-5-11-20-17(9-7-14(3)4)15-8-10-18(16(19)13-15)21-12-6-2/h8,10,13-14,17,20H,5-7,9,11-12H2,1-4H3.